The number of sulfonamides is 1. The van der Waals surface area contributed by atoms with Crippen LogP contribution in [0.15, 0.2) is 23.1 Å². The van der Waals surface area contributed by atoms with Gasteiger partial charge in [-0.05, 0) is 38.0 Å². The third-order valence-electron chi connectivity index (χ3n) is 3.65. The molecule has 1 heterocycles. The van der Waals surface area contributed by atoms with Gasteiger partial charge in [-0.3, -0.25) is 4.79 Å². The Morgan fingerprint density at radius 3 is 2.67 bits per heavy atom. The Bertz CT molecular complexity index is 664. The SMILES string of the molecule is CC1CC(C(=O)O)CCN1S(=O)(=O)c1ccc(F)cc1Cl. The minimum Gasteiger partial charge on any atom is -0.481 e. The van der Waals surface area contributed by atoms with Crippen LogP contribution in [0.1, 0.15) is 19.8 Å². The number of hydrogen-bond donors (Lipinski definition) is 1. The molecule has 1 N–H and O–H groups in total. The Morgan fingerprint density at radius 2 is 2.14 bits per heavy atom. The zero-order valence-electron chi connectivity index (χ0n) is 11.3. The fourth-order valence-electron chi connectivity index (χ4n) is 2.54. The molecule has 0 saturated carbocycles. The number of nitrogens with zero attached hydrogens (tertiary/aromatic N) is 1. The molecule has 2 rings (SSSR count). The van der Waals surface area contributed by atoms with Crippen LogP contribution in [0.5, 0.6) is 0 Å². The van der Waals surface area contributed by atoms with Crippen LogP contribution in [0.3, 0.4) is 0 Å². The highest BCUT2D eigenvalue weighted by atomic mass is 35.5. The molecule has 2 unspecified atom stereocenters. The molecule has 0 amide bonds. The summed E-state index contributed by atoms with van der Waals surface area (Å²) < 4.78 is 39.4. The number of carbonyl (C=O) groups is 1. The van der Waals surface area contributed by atoms with Crippen molar-refractivity contribution in [3.8, 4) is 0 Å². The first-order chi connectivity index (χ1) is 9.73. The van der Waals surface area contributed by atoms with E-state index in [-0.39, 0.29) is 29.3 Å². The molecule has 0 spiro atoms. The first kappa shape index (κ1) is 16.2. The molecule has 8 heteroatoms. The molecule has 1 aliphatic heterocycles. The van der Waals surface area contributed by atoms with Crippen molar-refractivity contribution in [1.29, 1.82) is 0 Å². The predicted octanol–water partition coefficient (Wildman–Crippen LogP) is 2.35. The molecule has 0 aromatic heterocycles. The van der Waals surface area contributed by atoms with Gasteiger partial charge in [0.1, 0.15) is 10.7 Å². The van der Waals surface area contributed by atoms with Gasteiger partial charge in [-0.25, -0.2) is 12.8 Å². The van der Waals surface area contributed by atoms with Gasteiger partial charge in [-0.1, -0.05) is 11.6 Å². The average Bonchev–Trinajstić information content (AvgIpc) is 2.37. The van der Waals surface area contributed by atoms with Gasteiger partial charge in [0.2, 0.25) is 10.0 Å². The highest BCUT2D eigenvalue weighted by molar-refractivity contribution is 7.89. The zero-order chi connectivity index (χ0) is 15.8. The van der Waals surface area contributed by atoms with E-state index in [1.54, 1.807) is 6.92 Å². The number of aliphatic carboxylic acids is 1. The first-order valence-corrected chi connectivity index (χ1v) is 8.25. The number of rotatable bonds is 3. The van der Waals surface area contributed by atoms with E-state index < -0.39 is 33.8 Å². The van der Waals surface area contributed by atoms with Crippen molar-refractivity contribution in [1.82, 2.24) is 4.31 Å². The van der Waals surface area contributed by atoms with Crippen LogP contribution < -0.4 is 0 Å². The minimum absolute atomic E-state index is 0.105. The van der Waals surface area contributed by atoms with Gasteiger partial charge in [0.05, 0.1) is 10.9 Å². The summed E-state index contributed by atoms with van der Waals surface area (Å²) in [6.45, 7) is 1.76. The Labute approximate surface area is 127 Å². The number of halogens is 2. The lowest BCUT2D eigenvalue weighted by Gasteiger charge is -2.35. The summed E-state index contributed by atoms with van der Waals surface area (Å²) in [5.74, 6) is -2.08. The summed E-state index contributed by atoms with van der Waals surface area (Å²) >= 11 is 5.82. The van der Waals surface area contributed by atoms with Gasteiger partial charge in [0, 0.05) is 12.6 Å². The van der Waals surface area contributed by atoms with Crippen LogP contribution in [0.25, 0.3) is 0 Å². The second kappa shape index (κ2) is 5.90. The van der Waals surface area contributed by atoms with Crippen molar-refractivity contribution >= 4 is 27.6 Å². The summed E-state index contributed by atoms with van der Waals surface area (Å²) in [4.78, 5) is 10.8. The molecule has 0 aliphatic carbocycles. The summed E-state index contributed by atoms with van der Waals surface area (Å²) in [6.07, 6.45) is 0.491. The largest absolute Gasteiger partial charge is 0.481 e. The molecular formula is C13H15ClFNO4S. The monoisotopic (exact) mass is 335 g/mol. The van der Waals surface area contributed by atoms with E-state index in [2.05, 4.69) is 0 Å². The molecule has 1 aromatic rings. The van der Waals surface area contributed by atoms with Gasteiger partial charge in [-0.15, -0.1) is 0 Å². The summed E-state index contributed by atoms with van der Waals surface area (Å²) in [5.41, 5.74) is 0. The van der Waals surface area contributed by atoms with Crippen molar-refractivity contribution in [3.63, 3.8) is 0 Å². The second-order valence-corrected chi connectivity index (χ2v) is 7.37. The van der Waals surface area contributed by atoms with Gasteiger partial charge < -0.3 is 5.11 Å². The molecule has 2 atom stereocenters. The van der Waals surface area contributed by atoms with Crippen molar-refractivity contribution in [3.05, 3.63) is 29.0 Å². The Balaban J connectivity index is 2.30. The fourth-order valence-corrected chi connectivity index (χ4v) is 4.71. The molecule has 21 heavy (non-hydrogen) atoms. The van der Waals surface area contributed by atoms with Gasteiger partial charge in [0.25, 0.3) is 0 Å². The molecule has 1 saturated heterocycles. The second-order valence-electron chi connectivity index (χ2n) is 5.10. The standard InChI is InChI=1S/C13H15ClFNO4S/c1-8-6-9(13(17)18)4-5-16(8)21(19,20)12-3-2-10(15)7-11(12)14/h2-3,7-9H,4-6H2,1H3,(H,17,18). The van der Waals surface area contributed by atoms with Gasteiger partial charge in [0.15, 0.2) is 0 Å². The molecule has 116 valence electrons. The highest BCUT2D eigenvalue weighted by Crippen LogP contribution is 2.31. The molecule has 1 aliphatic rings. The maximum Gasteiger partial charge on any atom is 0.306 e. The molecule has 5 nitrogen and oxygen atoms in total. The molecule has 1 aromatic carbocycles. The Kier molecular flexibility index (Phi) is 4.55. The maximum absolute atomic E-state index is 13.0. The third-order valence-corrected chi connectivity index (χ3v) is 6.14. The van der Waals surface area contributed by atoms with Crippen LogP contribution in [0.4, 0.5) is 4.39 Å². The van der Waals surface area contributed by atoms with E-state index in [0.717, 1.165) is 18.2 Å². The third kappa shape index (κ3) is 3.20. The van der Waals surface area contributed by atoms with Crippen LogP contribution in [0, 0.1) is 11.7 Å². The van der Waals surface area contributed by atoms with E-state index in [1.165, 1.54) is 4.31 Å². The lowest BCUT2D eigenvalue weighted by atomic mass is 9.93. The first-order valence-electron chi connectivity index (χ1n) is 6.43. The lowest BCUT2D eigenvalue weighted by molar-refractivity contribution is -0.143. The summed E-state index contributed by atoms with van der Waals surface area (Å²) in [6, 6.07) is 2.66. The molecule has 0 bridgehead atoms. The van der Waals surface area contributed by atoms with Crippen LogP contribution in [0.2, 0.25) is 5.02 Å². The topological polar surface area (TPSA) is 74.7 Å². The minimum atomic E-state index is -3.87. The van der Waals surface area contributed by atoms with Crippen LogP contribution >= 0.6 is 11.6 Å². The maximum atomic E-state index is 13.0. The quantitative estimate of drug-likeness (QED) is 0.920. The zero-order valence-corrected chi connectivity index (χ0v) is 12.9. The number of piperidine rings is 1. The number of carboxylic acids is 1. The van der Waals surface area contributed by atoms with E-state index >= 15 is 0 Å². The summed E-state index contributed by atoms with van der Waals surface area (Å²) in [5, 5.41) is 8.83. The highest BCUT2D eigenvalue weighted by Gasteiger charge is 2.37. The van der Waals surface area contributed by atoms with Crippen molar-refractivity contribution in [2.24, 2.45) is 5.92 Å². The number of carboxylic acid groups (broad SMARTS) is 1. The molecular weight excluding hydrogens is 321 g/mol. The number of hydrogen-bond acceptors (Lipinski definition) is 3. The van der Waals surface area contributed by atoms with Crippen molar-refractivity contribution < 1.29 is 22.7 Å². The van der Waals surface area contributed by atoms with E-state index in [0.29, 0.717) is 0 Å². The number of benzene rings is 1. The lowest BCUT2D eigenvalue weighted by Crippen LogP contribution is -2.46. The van der Waals surface area contributed by atoms with Gasteiger partial charge >= 0.3 is 5.97 Å². The predicted molar refractivity (Wildman–Crippen MR) is 75.1 cm³/mol. The smallest absolute Gasteiger partial charge is 0.306 e. The normalized spacial score (nSPS) is 24.0. The Morgan fingerprint density at radius 1 is 1.48 bits per heavy atom. The van der Waals surface area contributed by atoms with Crippen molar-refractivity contribution in [2.45, 2.75) is 30.7 Å². The fraction of sp³-hybridized carbons (Fsp3) is 0.462. The van der Waals surface area contributed by atoms with E-state index in [1.807, 2.05) is 0 Å². The van der Waals surface area contributed by atoms with E-state index in [4.69, 9.17) is 16.7 Å². The van der Waals surface area contributed by atoms with Gasteiger partial charge in [-0.2, -0.15) is 4.31 Å². The van der Waals surface area contributed by atoms with Crippen LogP contribution in [-0.2, 0) is 14.8 Å². The molecule has 1 fully saturated rings. The summed E-state index contributed by atoms with van der Waals surface area (Å²) in [7, 11) is -3.87. The average molecular weight is 336 g/mol. The van der Waals surface area contributed by atoms with E-state index in [9.17, 15) is 17.6 Å². The van der Waals surface area contributed by atoms with Crippen molar-refractivity contribution in [2.75, 3.05) is 6.54 Å². The Hall–Kier alpha value is -1.18. The molecule has 0 radical (unpaired) electrons. The van der Waals surface area contributed by atoms with Crippen LogP contribution in [-0.4, -0.2) is 36.4 Å².